The van der Waals surface area contributed by atoms with Crippen molar-refractivity contribution in [2.24, 2.45) is 16.6 Å². The van der Waals surface area contributed by atoms with Gasteiger partial charge in [0, 0.05) is 13.1 Å². The first-order valence-electron chi connectivity index (χ1n) is 8.43. The second-order valence-corrected chi connectivity index (χ2v) is 6.01. The van der Waals surface area contributed by atoms with Gasteiger partial charge < -0.3 is 15.8 Å². The topological polar surface area (TPSA) is 62.9 Å². The Balaban J connectivity index is 0.00000529. The molecule has 0 spiro atoms. The van der Waals surface area contributed by atoms with Crippen LogP contribution in [0.1, 0.15) is 39.3 Å². The monoisotopic (exact) mass is 448 g/mol. The van der Waals surface area contributed by atoms with Crippen LogP contribution in [0.5, 0.6) is 5.75 Å². The third-order valence-electron chi connectivity index (χ3n) is 3.84. The van der Waals surface area contributed by atoms with Gasteiger partial charge in [-0.2, -0.15) is 0 Å². The van der Waals surface area contributed by atoms with Crippen LogP contribution in [0.15, 0.2) is 29.3 Å². The Morgan fingerprint density at radius 3 is 2.50 bits per heavy atom. The Kier molecular flexibility index (Phi) is 11.8. The molecular weight excluding hydrogens is 415 g/mol. The summed E-state index contributed by atoms with van der Waals surface area (Å²) in [5.74, 6) is 1.90. The maximum absolute atomic E-state index is 5.98. The predicted molar refractivity (Wildman–Crippen MR) is 113 cm³/mol. The van der Waals surface area contributed by atoms with E-state index in [4.69, 9.17) is 10.5 Å². The van der Waals surface area contributed by atoms with Crippen LogP contribution >= 0.6 is 24.0 Å². The number of nitrogens with zero attached hydrogens (tertiary/aromatic N) is 2. The molecular formula is C18H33IN4O. The fourth-order valence-electron chi connectivity index (χ4n) is 2.51. The van der Waals surface area contributed by atoms with Gasteiger partial charge in [0.1, 0.15) is 5.75 Å². The number of nitrogens with two attached hydrogens (primary N) is 1. The molecule has 0 saturated heterocycles. The van der Waals surface area contributed by atoms with Crippen molar-refractivity contribution < 1.29 is 4.74 Å². The molecule has 3 N–H and O–H groups in total. The van der Waals surface area contributed by atoms with Crippen LogP contribution in [0.4, 0.5) is 0 Å². The predicted octanol–water partition coefficient (Wildman–Crippen LogP) is 3.26. The molecule has 1 unspecified atom stereocenters. The smallest absolute Gasteiger partial charge is 0.188 e. The number of ether oxygens (including phenoxy) is 1. The lowest BCUT2D eigenvalue weighted by Crippen LogP contribution is -2.41. The van der Waals surface area contributed by atoms with Gasteiger partial charge in [0.2, 0.25) is 0 Å². The molecule has 1 aromatic rings. The highest BCUT2D eigenvalue weighted by atomic mass is 127. The van der Waals surface area contributed by atoms with Crippen molar-refractivity contribution in [2.75, 3.05) is 33.3 Å². The fraction of sp³-hybridized carbons (Fsp3) is 0.611. The van der Waals surface area contributed by atoms with Gasteiger partial charge in [-0.05, 0) is 36.7 Å². The zero-order valence-corrected chi connectivity index (χ0v) is 17.9. The Morgan fingerprint density at radius 1 is 1.29 bits per heavy atom. The minimum absolute atomic E-state index is 0. The number of nitrogens with one attached hydrogen (secondary N) is 1. The molecule has 0 radical (unpaired) electrons. The first kappa shape index (κ1) is 23.0. The molecule has 0 bridgehead atoms. The SMILES string of the molecule is CCN(CC)C(CNC(N)=NCC(C)C)c1cccc(OC)c1.I. The van der Waals surface area contributed by atoms with Gasteiger partial charge in [-0.15, -0.1) is 24.0 Å². The molecule has 0 fully saturated rings. The quantitative estimate of drug-likeness (QED) is 0.346. The summed E-state index contributed by atoms with van der Waals surface area (Å²) in [6, 6.07) is 8.45. The highest BCUT2D eigenvalue weighted by molar-refractivity contribution is 14.0. The van der Waals surface area contributed by atoms with Gasteiger partial charge in [-0.1, -0.05) is 39.8 Å². The Hall–Kier alpha value is -1.02. The van der Waals surface area contributed by atoms with Crippen LogP contribution in [0.3, 0.4) is 0 Å². The highest BCUT2D eigenvalue weighted by Crippen LogP contribution is 2.23. The number of rotatable bonds is 9. The number of benzene rings is 1. The summed E-state index contributed by atoms with van der Waals surface area (Å²) in [5.41, 5.74) is 7.20. The van der Waals surface area contributed by atoms with E-state index in [2.05, 4.69) is 55.0 Å². The number of hydrogen-bond acceptors (Lipinski definition) is 3. The second-order valence-electron chi connectivity index (χ2n) is 6.01. The van der Waals surface area contributed by atoms with E-state index >= 15 is 0 Å². The number of methoxy groups -OCH3 is 1. The molecule has 0 aromatic heterocycles. The van der Waals surface area contributed by atoms with E-state index in [9.17, 15) is 0 Å². The van der Waals surface area contributed by atoms with Crippen LogP contribution < -0.4 is 15.8 Å². The zero-order chi connectivity index (χ0) is 17.2. The molecule has 0 aliphatic rings. The van der Waals surface area contributed by atoms with Crippen molar-refractivity contribution in [1.29, 1.82) is 0 Å². The zero-order valence-electron chi connectivity index (χ0n) is 15.6. The van der Waals surface area contributed by atoms with Gasteiger partial charge in [0.05, 0.1) is 13.2 Å². The van der Waals surface area contributed by atoms with Crippen molar-refractivity contribution in [2.45, 2.75) is 33.7 Å². The summed E-state index contributed by atoms with van der Waals surface area (Å²) >= 11 is 0. The summed E-state index contributed by atoms with van der Waals surface area (Å²) < 4.78 is 5.36. The number of likely N-dealkylation sites (N-methyl/N-ethyl adjacent to an activating group) is 1. The molecule has 6 heteroatoms. The third-order valence-corrected chi connectivity index (χ3v) is 3.84. The lowest BCUT2D eigenvalue weighted by atomic mass is 10.0. The van der Waals surface area contributed by atoms with E-state index < -0.39 is 0 Å². The van der Waals surface area contributed by atoms with E-state index in [0.29, 0.717) is 11.9 Å². The van der Waals surface area contributed by atoms with Gasteiger partial charge >= 0.3 is 0 Å². The Bertz CT molecular complexity index is 490. The summed E-state index contributed by atoms with van der Waals surface area (Å²) in [5, 5.41) is 3.27. The van der Waals surface area contributed by atoms with Crippen molar-refractivity contribution >= 4 is 29.9 Å². The summed E-state index contributed by atoms with van der Waals surface area (Å²) in [4.78, 5) is 6.77. The van der Waals surface area contributed by atoms with E-state index in [1.807, 2.05) is 12.1 Å². The fourth-order valence-corrected chi connectivity index (χ4v) is 2.51. The first-order valence-corrected chi connectivity index (χ1v) is 8.43. The average Bonchev–Trinajstić information content (AvgIpc) is 2.56. The van der Waals surface area contributed by atoms with Crippen LogP contribution in [0.25, 0.3) is 0 Å². The number of guanidine groups is 1. The van der Waals surface area contributed by atoms with E-state index in [0.717, 1.165) is 31.9 Å². The van der Waals surface area contributed by atoms with Crippen molar-refractivity contribution in [3.05, 3.63) is 29.8 Å². The number of hydrogen-bond donors (Lipinski definition) is 2. The molecule has 1 aromatic carbocycles. The lowest BCUT2D eigenvalue weighted by molar-refractivity contribution is 0.218. The van der Waals surface area contributed by atoms with Crippen LogP contribution in [0.2, 0.25) is 0 Å². The lowest BCUT2D eigenvalue weighted by Gasteiger charge is -2.30. The third kappa shape index (κ3) is 7.70. The van der Waals surface area contributed by atoms with Crippen LogP contribution in [-0.4, -0.2) is 44.1 Å². The summed E-state index contributed by atoms with van der Waals surface area (Å²) in [7, 11) is 1.69. The van der Waals surface area contributed by atoms with Gasteiger partial charge in [0.25, 0.3) is 0 Å². The normalized spacial score (nSPS) is 12.9. The number of aliphatic imine (C=N–C) groups is 1. The minimum atomic E-state index is 0. The van der Waals surface area contributed by atoms with E-state index in [1.165, 1.54) is 5.56 Å². The molecule has 5 nitrogen and oxygen atoms in total. The maximum atomic E-state index is 5.98. The largest absolute Gasteiger partial charge is 0.497 e. The Morgan fingerprint density at radius 2 is 1.96 bits per heavy atom. The van der Waals surface area contributed by atoms with E-state index in [-0.39, 0.29) is 30.0 Å². The van der Waals surface area contributed by atoms with Crippen molar-refractivity contribution in [3.63, 3.8) is 0 Å². The molecule has 0 heterocycles. The first-order chi connectivity index (χ1) is 11.0. The summed E-state index contributed by atoms with van der Waals surface area (Å²) in [6.07, 6.45) is 0. The Labute approximate surface area is 164 Å². The second kappa shape index (κ2) is 12.4. The van der Waals surface area contributed by atoms with Crippen LogP contribution in [0, 0.1) is 5.92 Å². The molecule has 0 saturated carbocycles. The van der Waals surface area contributed by atoms with Gasteiger partial charge in [-0.3, -0.25) is 9.89 Å². The highest BCUT2D eigenvalue weighted by Gasteiger charge is 2.18. The standard InChI is InChI=1S/C18H32N4O.HI/c1-6-22(7-2)17(13-21-18(19)20-12-14(3)4)15-9-8-10-16(11-15)23-5;/h8-11,14,17H,6-7,12-13H2,1-5H3,(H3,19,20,21);1H. The van der Waals surface area contributed by atoms with Gasteiger partial charge in [-0.25, -0.2) is 0 Å². The molecule has 0 aliphatic carbocycles. The van der Waals surface area contributed by atoms with Crippen LogP contribution in [-0.2, 0) is 0 Å². The average molecular weight is 448 g/mol. The molecule has 1 atom stereocenters. The number of halogens is 1. The summed E-state index contributed by atoms with van der Waals surface area (Å²) in [6.45, 7) is 12.0. The van der Waals surface area contributed by atoms with Gasteiger partial charge in [0.15, 0.2) is 5.96 Å². The molecule has 0 aliphatic heterocycles. The van der Waals surface area contributed by atoms with E-state index in [1.54, 1.807) is 7.11 Å². The molecule has 0 amide bonds. The minimum Gasteiger partial charge on any atom is -0.497 e. The van der Waals surface area contributed by atoms with Crippen molar-refractivity contribution in [3.8, 4) is 5.75 Å². The van der Waals surface area contributed by atoms with Crippen molar-refractivity contribution in [1.82, 2.24) is 10.2 Å². The molecule has 138 valence electrons. The molecule has 1 rings (SSSR count). The molecule has 24 heavy (non-hydrogen) atoms. The maximum Gasteiger partial charge on any atom is 0.188 e.